The molecule has 1 radical (unpaired) electrons. The molecule has 0 spiro atoms. The molecule has 3 amide bonds. The van der Waals surface area contributed by atoms with Gasteiger partial charge in [-0.15, -0.1) is 11.5 Å². The fourth-order valence-corrected chi connectivity index (χ4v) is 17.0. The van der Waals surface area contributed by atoms with Crippen LogP contribution in [0.4, 0.5) is 0 Å². The van der Waals surface area contributed by atoms with Gasteiger partial charge in [0.1, 0.15) is 70.8 Å². The Bertz CT molecular complexity index is 5510. The minimum absolute atomic E-state index is 0. The van der Waals surface area contributed by atoms with Gasteiger partial charge in [0.15, 0.2) is 26.5 Å². The fourth-order valence-electron chi connectivity index (χ4n) is 12.7. The predicted molar refractivity (Wildman–Crippen MR) is 403 cm³/mol. The number of pyridine rings is 1. The number of benzene rings is 6. The number of rotatable bonds is 31. The summed E-state index contributed by atoms with van der Waals surface area (Å²) in [6.07, 6.45) is 4.65. The van der Waals surface area contributed by atoms with Crippen molar-refractivity contribution >= 4 is 93.5 Å². The summed E-state index contributed by atoms with van der Waals surface area (Å²) in [5.74, 6) is -1.97. The van der Waals surface area contributed by atoms with Crippen LogP contribution in [0, 0.1) is 19.5 Å². The second kappa shape index (κ2) is 37.1. The number of nitrogens with zero attached hydrogens (tertiary/aromatic N) is 4. The third-order valence-electron chi connectivity index (χ3n) is 18.4. The largest absolute Gasteiger partial charge is 0.456 e. The van der Waals surface area contributed by atoms with Crippen molar-refractivity contribution in [1.82, 2.24) is 29.0 Å². The molecule has 10 rings (SSSR count). The zero-order valence-electron chi connectivity index (χ0n) is 61.6. The average molecular weight is 1670 g/mol. The van der Waals surface area contributed by atoms with Crippen LogP contribution >= 0.6 is 7.60 Å². The van der Waals surface area contributed by atoms with E-state index in [1.54, 1.807) is 53.4 Å². The molecule has 3 aliphatic heterocycles. The van der Waals surface area contributed by atoms with Crippen molar-refractivity contribution < 1.29 is 132 Å². The molecule has 109 heavy (non-hydrogen) atoms. The van der Waals surface area contributed by atoms with Gasteiger partial charge in [0.05, 0.1) is 21.9 Å². The standard InChI is InChI=1S/C41H51N4O11PS2.C34H37N3O10S2.Y/c1-5-45(6-2)31-14-17-35-38(23-31)56-37-21-28(3)13-16-34(37)41(35)36-18-15-33(24-39(36)59(53,54)55)58(51,52)43-19-9-7-8-12-40(47)42-25-32(46)27-44-20-10-11-30(26-44)22-29(4)57(48,49)50;1-5-8-9-27(34(40)47-37-31(38)16-17-32(37)39)35-48(41,42)23-12-15-26(30(20-23)49(43,44)45)33-24-13-10-21(4)18-28(24)46-29-19-22(11-14-25(29)33)36(6-2)7-3;/h10-11,13-18,20-21,23-24,26,32,43,46H,5-9,12,19,22,25,27H2,1-4H3,(H3-,42,47,48,49,50,53,54,55);10-15,18-20,27,35H,5-9,16-17H2,1-4H3;/p+2. The van der Waals surface area contributed by atoms with E-state index in [2.05, 4.69) is 23.9 Å². The molecule has 0 bridgehead atoms. The van der Waals surface area contributed by atoms with Gasteiger partial charge in [0.2, 0.25) is 36.7 Å². The van der Waals surface area contributed by atoms with Gasteiger partial charge >= 0.3 is 5.97 Å². The van der Waals surface area contributed by atoms with Crippen molar-refractivity contribution in [2.45, 2.75) is 158 Å². The number of fused-ring (bicyclic) bond motifs is 4. The third kappa shape index (κ3) is 21.7. The van der Waals surface area contributed by atoms with Crippen LogP contribution in [-0.4, -0.2) is 138 Å². The first-order valence-electron chi connectivity index (χ1n) is 35.2. The number of imide groups is 1. The maximum atomic E-state index is 13.7. The van der Waals surface area contributed by atoms with Crippen molar-refractivity contribution in [3.05, 3.63) is 167 Å². The summed E-state index contributed by atoms with van der Waals surface area (Å²) in [5, 5.41) is 16.4. The summed E-state index contributed by atoms with van der Waals surface area (Å²) in [5.41, 5.74) is 5.55. The zero-order valence-corrected chi connectivity index (χ0v) is 68.6. The Hall–Kier alpha value is -7.66. The van der Waals surface area contributed by atoms with Crippen molar-refractivity contribution in [2.75, 3.05) is 39.3 Å². The minimum Gasteiger partial charge on any atom is -0.456 e. The van der Waals surface area contributed by atoms with Gasteiger partial charge in [-0.3, -0.25) is 28.1 Å². The van der Waals surface area contributed by atoms with E-state index in [9.17, 15) is 81.4 Å². The maximum Gasteiger partial charge on any atom is 0.350 e. The van der Waals surface area contributed by atoms with Gasteiger partial charge in [0, 0.05) is 127 Å². The number of aliphatic hydroxyl groups is 1. The van der Waals surface area contributed by atoms with Crippen molar-refractivity contribution in [2.24, 2.45) is 0 Å². The van der Waals surface area contributed by atoms with Crippen molar-refractivity contribution in [3.63, 3.8) is 0 Å². The zero-order chi connectivity index (χ0) is 78.8. The molecule has 28 nitrogen and oxygen atoms in total. The van der Waals surface area contributed by atoms with E-state index in [1.165, 1.54) is 31.2 Å². The number of carbonyl (C=O) groups excluding carboxylic acids is 4. The molecule has 581 valence electrons. The van der Waals surface area contributed by atoms with Crippen molar-refractivity contribution in [3.8, 4) is 44.9 Å². The second-order valence-corrected chi connectivity index (χ2v) is 34.4. The summed E-state index contributed by atoms with van der Waals surface area (Å²) < 4.78 is 161. The normalized spacial score (nSPS) is 13.5. The predicted octanol–water partition coefficient (Wildman–Crippen LogP) is 8.16. The van der Waals surface area contributed by atoms with Gasteiger partial charge in [-0.05, 0) is 132 Å². The topological polar surface area (TPSA) is 408 Å². The summed E-state index contributed by atoms with van der Waals surface area (Å²) >= 11 is 0. The minimum atomic E-state index is -5.03. The second-order valence-electron chi connectivity index (χ2n) is 26.3. The van der Waals surface area contributed by atoms with E-state index in [-0.39, 0.29) is 112 Å². The van der Waals surface area contributed by atoms with Crippen LogP contribution in [0.5, 0.6) is 0 Å². The van der Waals surface area contributed by atoms with Crippen LogP contribution in [-0.2, 0) is 115 Å². The van der Waals surface area contributed by atoms with Crippen LogP contribution in [0.15, 0.2) is 162 Å². The number of aryl methyl sites for hydroxylation is 2. The molecule has 2 unspecified atom stereocenters. The molecule has 5 aromatic rings. The number of nitrogens with one attached hydrogen (secondary N) is 3. The summed E-state index contributed by atoms with van der Waals surface area (Å²) in [6.45, 7) is 18.2. The average Bonchev–Trinajstić information content (AvgIpc) is 1.00. The molecule has 4 aromatic carbocycles. The maximum absolute atomic E-state index is 13.7. The number of hydrogen-bond donors (Lipinski definition) is 8. The summed E-state index contributed by atoms with van der Waals surface area (Å²) in [6, 6.07) is 30.9. The monoisotopic (exact) mass is 1670 g/mol. The Labute approximate surface area is 658 Å². The molecular weight excluding hydrogens is 1580 g/mol. The van der Waals surface area contributed by atoms with E-state index in [0.29, 0.717) is 98.4 Å². The molecule has 5 aliphatic rings. The summed E-state index contributed by atoms with van der Waals surface area (Å²) in [7, 11) is -23.1. The SMILES string of the molecule is CCCCC(NS(=O)(=O)c1ccc(-c2c3ccc(=[N+](CC)CC)cc-3oc3cc(C)ccc23)c(S(=O)(=O)O)c1)C(=O)ON1C(=O)CCC1=O.CC[N+](CC)=c1ccc2c(-c3ccc(S(=O)(=O)NCCCCCC(=O)NCC(O)C[n+]4cccc(C[C-](C)P(=O)(O)O)c4)cc3S(=O)(=O)O)c3ccc(C)cc3oc-2c1.[Y]. The molecule has 1 aromatic heterocycles. The molecule has 2 atom stereocenters. The number of hydrogen-bond acceptors (Lipinski definition) is 17. The van der Waals surface area contributed by atoms with Crippen molar-refractivity contribution in [1.29, 1.82) is 0 Å². The van der Waals surface area contributed by atoms with Crippen LogP contribution in [0.3, 0.4) is 0 Å². The molecule has 34 heteroatoms. The number of carbonyl (C=O) groups is 4. The third-order valence-corrected chi connectivity index (χ3v) is 24.3. The van der Waals surface area contributed by atoms with Crippen LogP contribution in [0.2, 0.25) is 0 Å². The molecule has 4 heterocycles. The molecule has 1 fully saturated rings. The Balaban J connectivity index is 0.000000276. The summed E-state index contributed by atoms with van der Waals surface area (Å²) in [4.78, 5) is 70.9. The van der Waals surface area contributed by atoms with E-state index >= 15 is 0 Å². The van der Waals surface area contributed by atoms with Gasteiger partial charge in [-0.25, -0.2) is 40.1 Å². The Morgan fingerprint density at radius 1 is 0.651 bits per heavy atom. The molecule has 1 saturated heterocycles. The smallest absolute Gasteiger partial charge is 0.350 e. The Kier molecular flexibility index (Phi) is 29.6. The van der Waals surface area contributed by atoms with E-state index in [1.807, 2.05) is 97.0 Å². The first kappa shape index (κ1) is 86.9. The molecule has 2 aliphatic carbocycles. The molecular formula is C75H90N7O21PS4Y+2. The van der Waals surface area contributed by atoms with Crippen LogP contribution in [0.25, 0.3) is 66.8 Å². The number of amides is 3. The van der Waals surface area contributed by atoms with Gasteiger partial charge in [-0.1, -0.05) is 62.6 Å². The number of aliphatic hydroxyl groups excluding tert-OH is 1. The van der Waals surface area contributed by atoms with Gasteiger partial charge < -0.3 is 33.9 Å². The van der Waals surface area contributed by atoms with Gasteiger partial charge in [0.25, 0.3) is 32.1 Å². The van der Waals surface area contributed by atoms with Crippen LogP contribution in [0.1, 0.15) is 116 Å². The number of aromatic nitrogens is 1. The molecule has 0 saturated carbocycles. The first-order chi connectivity index (χ1) is 51.0. The fraction of sp³-hybridized carbons (Fsp3) is 0.360. The van der Waals surface area contributed by atoms with E-state index < -0.39 is 92.5 Å². The Morgan fingerprint density at radius 3 is 1.62 bits per heavy atom. The van der Waals surface area contributed by atoms with E-state index in [0.717, 1.165) is 60.2 Å². The first-order valence-corrected chi connectivity index (χ1v) is 42.7. The van der Waals surface area contributed by atoms with Gasteiger partial charge in [-0.2, -0.15) is 34.1 Å². The Morgan fingerprint density at radius 2 is 1.15 bits per heavy atom. The van der Waals surface area contributed by atoms with E-state index in [4.69, 9.17) is 13.7 Å². The quantitative estimate of drug-likeness (QED) is 0.00386. The molecule has 8 N–H and O–H groups in total. The van der Waals surface area contributed by atoms with Crippen LogP contribution < -0.4 is 39.2 Å². The number of unbranched alkanes of at least 4 members (excludes halogenated alkanes) is 3. The number of hydroxylamine groups is 2. The number of sulfonamides is 2.